The predicted octanol–water partition coefficient (Wildman–Crippen LogP) is 3.72. The number of carbonyl (C=O) groups is 1. The molecule has 10 heteroatoms. The number of aryl methyl sites for hydroxylation is 1. The molecule has 4 rings (SSSR count). The monoisotopic (exact) mass is 482 g/mol. The summed E-state index contributed by atoms with van der Waals surface area (Å²) in [6.45, 7) is 6.30. The third-order valence-corrected chi connectivity index (χ3v) is 8.12. The van der Waals surface area contributed by atoms with Gasteiger partial charge in [0.1, 0.15) is 0 Å². The molecule has 3 aromatic rings. The lowest BCUT2D eigenvalue weighted by molar-refractivity contribution is -0.385. The lowest BCUT2D eigenvalue weighted by atomic mass is 10.0. The van der Waals surface area contributed by atoms with Gasteiger partial charge in [-0.1, -0.05) is 38.1 Å². The number of nitro groups is 1. The van der Waals surface area contributed by atoms with Gasteiger partial charge in [0.2, 0.25) is 10.0 Å². The predicted molar refractivity (Wildman–Crippen MR) is 128 cm³/mol. The smallest absolute Gasteiger partial charge is 0.270 e. The summed E-state index contributed by atoms with van der Waals surface area (Å²) < 4.78 is 27.7. The molecule has 9 nitrogen and oxygen atoms in total. The van der Waals surface area contributed by atoms with Crippen LogP contribution in [0.2, 0.25) is 0 Å². The summed E-state index contributed by atoms with van der Waals surface area (Å²) >= 11 is 0. The van der Waals surface area contributed by atoms with E-state index in [1.165, 1.54) is 16.4 Å². The molecule has 0 aliphatic carbocycles. The van der Waals surface area contributed by atoms with Crippen molar-refractivity contribution in [1.29, 1.82) is 0 Å². The minimum Gasteiger partial charge on any atom is -0.336 e. The van der Waals surface area contributed by atoms with Crippen LogP contribution in [0.3, 0.4) is 0 Å². The molecule has 0 N–H and O–H groups in total. The number of hydrogen-bond acceptors (Lipinski definition) is 6. The largest absolute Gasteiger partial charge is 0.336 e. The molecule has 1 aliphatic heterocycles. The van der Waals surface area contributed by atoms with Crippen molar-refractivity contribution in [2.24, 2.45) is 0 Å². The number of sulfonamides is 1. The van der Waals surface area contributed by atoms with Gasteiger partial charge < -0.3 is 4.90 Å². The maximum Gasteiger partial charge on any atom is 0.270 e. The van der Waals surface area contributed by atoms with Crippen molar-refractivity contribution in [3.63, 3.8) is 0 Å². The number of fused-ring (bicyclic) bond motifs is 1. The number of amides is 1. The van der Waals surface area contributed by atoms with Crippen LogP contribution in [0.5, 0.6) is 0 Å². The third-order valence-electron chi connectivity index (χ3n) is 6.08. The number of pyridine rings is 1. The van der Waals surface area contributed by atoms with Gasteiger partial charge in [0.05, 0.1) is 20.9 Å². The van der Waals surface area contributed by atoms with Gasteiger partial charge in [0, 0.05) is 49.4 Å². The van der Waals surface area contributed by atoms with Crippen LogP contribution in [0.25, 0.3) is 10.9 Å². The zero-order chi connectivity index (χ0) is 24.6. The SMILES string of the molecule is Cc1ccc([N+](=O)[O-])cc1S(=O)(=O)N1CCN(C(=O)c2cc(C(C)C)nc3ccccc23)CC1. The van der Waals surface area contributed by atoms with Crippen LogP contribution in [0.4, 0.5) is 5.69 Å². The molecule has 2 heterocycles. The zero-order valence-corrected chi connectivity index (χ0v) is 20.1. The Labute approximate surface area is 198 Å². The van der Waals surface area contributed by atoms with Gasteiger partial charge in [-0.05, 0) is 30.5 Å². The first kappa shape index (κ1) is 23.8. The Hall–Kier alpha value is -3.37. The Morgan fingerprint density at radius 1 is 1.06 bits per heavy atom. The Kier molecular flexibility index (Phi) is 6.37. The van der Waals surface area contributed by atoms with E-state index in [4.69, 9.17) is 0 Å². The Morgan fingerprint density at radius 2 is 1.74 bits per heavy atom. The van der Waals surface area contributed by atoms with Crippen molar-refractivity contribution in [3.8, 4) is 0 Å². The van der Waals surface area contributed by atoms with Crippen LogP contribution in [0.15, 0.2) is 53.4 Å². The molecule has 0 bridgehead atoms. The van der Waals surface area contributed by atoms with Crippen LogP contribution in [-0.4, -0.2) is 59.6 Å². The summed E-state index contributed by atoms with van der Waals surface area (Å²) in [6, 6.07) is 13.1. The molecule has 178 valence electrons. The van der Waals surface area contributed by atoms with Crippen molar-refractivity contribution >= 4 is 32.5 Å². The molecule has 1 saturated heterocycles. The van der Waals surface area contributed by atoms with Gasteiger partial charge in [0.15, 0.2) is 0 Å². The fourth-order valence-electron chi connectivity index (χ4n) is 4.09. The standard InChI is InChI=1S/C24H26N4O5S/c1-16(2)22-15-20(19-6-4-5-7-21(19)25-22)24(29)26-10-12-27(13-11-26)34(32,33)23-14-18(28(30)31)9-8-17(23)3/h4-9,14-16H,10-13H2,1-3H3. The highest BCUT2D eigenvalue weighted by Crippen LogP contribution is 2.27. The molecule has 1 aliphatic rings. The molecule has 0 spiro atoms. The number of para-hydroxylation sites is 1. The van der Waals surface area contributed by atoms with Crippen LogP contribution in [0.1, 0.15) is 41.4 Å². The average Bonchev–Trinajstić information content (AvgIpc) is 2.82. The van der Waals surface area contributed by atoms with Gasteiger partial charge in [-0.25, -0.2) is 8.42 Å². The first-order chi connectivity index (χ1) is 16.1. The fraction of sp³-hybridized carbons (Fsp3) is 0.333. The quantitative estimate of drug-likeness (QED) is 0.404. The van der Waals surface area contributed by atoms with E-state index in [-0.39, 0.29) is 48.6 Å². The van der Waals surface area contributed by atoms with E-state index in [9.17, 15) is 23.3 Å². The Balaban J connectivity index is 1.58. The first-order valence-electron chi connectivity index (χ1n) is 11.0. The molecule has 1 aromatic heterocycles. The second-order valence-electron chi connectivity index (χ2n) is 8.67. The lowest BCUT2D eigenvalue weighted by Crippen LogP contribution is -2.50. The minimum absolute atomic E-state index is 0.0804. The summed E-state index contributed by atoms with van der Waals surface area (Å²) in [5.41, 5.74) is 2.29. The number of hydrogen-bond donors (Lipinski definition) is 0. The molecule has 1 amide bonds. The van der Waals surface area contributed by atoms with E-state index in [0.717, 1.165) is 22.7 Å². The summed E-state index contributed by atoms with van der Waals surface area (Å²) in [5, 5.41) is 11.9. The van der Waals surface area contributed by atoms with Crippen molar-refractivity contribution < 1.29 is 18.1 Å². The Morgan fingerprint density at radius 3 is 2.38 bits per heavy atom. The van der Waals surface area contributed by atoms with Gasteiger partial charge in [-0.2, -0.15) is 4.31 Å². The average molecular weight is 483 g/mol. The van der Waals surface area contributed by atoms with Crippen LogP contribution in [0, 0.1) is 17.0 Å². The molecule has 1 fully saturated rings. The third kappa shape index (κ3) is 4.38. The first-order valence-corrected chi connectivity index (χ1v) is 12.5. The van der Waals surface area contributed by atoms with Crippen molar-refractivity contribution in [2.45, 2.75) is 31.6 Å². The topological polar surface area (TPSA) is 114 Å². The lowest BCUT2D eigenvalue weighted by Gasteiger charge is -2.34. The number of benzene rings is 2. The molecular formula is C24H26N4O5S. The molecule has 34 heavy (non-hydrogen) atoms. The summed E-state index contributed by atoms with van der Waals surface area (Å²) in [4.78, 5) is 30.2. The zero-order valence-electron chi connectivity index (χ0n) is 19.3. The minimum atomic E-state index is -3.93. The number of rotatable bonds is 5. The molecule has 0 radical (unpaired) electrons. The van der Waals surface area contributed by atoms with E-state index in [2.05, 4.69) is 4.98 Å². The van der Waals surface area contributed by atoms with E-state index in [1.807, 2.05) is 44.2 Å². The van der Waals surface area contributed by atoms with Gasteiger partial charge >= 0.3 is 0 Å². The fourth-order valence-corrected chi connectivity index (χ4v) is 5.76. The molecule has 0 atom stereocenters. The Bertz CT molecular complexity index is 1380. The van der Waals surface area contributed by atoms with Gasteiger partial charge in [0.25, 0.3) is 11.6 Å². The summed E-state index contributed by atoms with van der Waals surface area (Å²) in [5.74, 6) is -0.0135. The van der Waals surface area contributed by atoms with Crippen LogP contribution in [-0.2, 0) is 10.0 Å². The highest BCUT2D eigenvalue weighted by atomic mass is 32.2. The second kappa shape index (κ2) is 9.11. The number of aromatic nitrogens is 1. The number of nitrogens with zero attached hydrogens (tertiary/aromatic N) is 4. The van der Waals surface area contributed by atoms with Gasteiger partial charge in [-0.3, -0.25) is 19.9 Å². The number of piperazine rings is 1. The van der Waals surface area contributed by atoms with E-state index >= 15 is 0 Å². The molecule has 2 aromatic carbocycles. The maximum atomic E-state index is 13.4. The second-order valence-corrected chi connectivity index (χ2v) is 10.6. The van der Waals surface area contributed by atoms with E-state index in [1.54, 1.807) is 11.8 Å². The highest BCUT2D eigenvalue weighted by Gasteiger charge is 2.33. The number of carbonyl (C=O) groups excluding carboxylic acids is 1. The van der Waals surface area contributed by atoms with Crippen molar-refractivity contribution in [1.82, 2.24) is 14.2 Å². The molecule has 0 unspecified atom stereocenters. The van der Waals surface area contributed by atoms with Crippen molar-refractivity contribution in [3.05, 3.63) is 75.5 Å². The van der Waals surface area contributed by atoms with Crippen LogP contribution >= 0.6 is 0 Å². The van der Waals surface area contributed by atoms with Crippen LogP contribution < -0.4 is 0 Å². The van der Waals surface area contributed by atoms with Crippen molar-refractivity contribution in [2.75, 3.05) is 26.2 Å². The highest BCUT2D eigenvalue weighted by molar-refractivity contribution is 7.89. The maximum absolute atomic E-state index is 13.4. The normalized spacial score (nSPS) is 15.1. The molecule has 0 saturated carbocycles. The number of nitro benzene ring substituents is 1. The van der Waals surface area contributed by atoms with Gasteiger partial charge in [-0.15, -0.1) is 0 Å². The van der Waals surface area contributed by atoms with E-state index in [0.29, 0.717) is 11.1 Å². The molecular weight excluding hydrogens is 456 g/mol. The number of non-ortho nitro benzene ring substituents is 1. The summed E-state index contributed by atoms with van der Waals surface area (Å²) in [6.07, 6.45) is 0. The van der Waals surface area contributed by atoms with E-state index < -0.39 is 14.9 Å². The summed E-state index contributed by atoms with van der Waals surface area (Å²) in [7, 11) is -3.93.